The third-order valence-electron chi connectivity index (χ3n) is 2.89. The van der Waals surface area contributed by atoms with Crippen LogP contribution >= 0.6 is 27.5 Å². The van der Waals surface area contributed by atoms with Gasteiger partial charge in [0.25, 0.3) is 0 Å². The van der Waals surface area contributed by atoms with Gasteiger partial charge in [-0.05, 0) is 56.7 Å². The first-order valence-corrected chi connectivity index (χ1v) is 5.83. The number of hydrogen-bond donors (Lipinski definition) is 0. The van der Waals surface area contributed by atoms with Crippen molar-refractivity contribution in [1.29, 1.82) is 0 Å². The smallest absolute Gasteiger partial charge is 0.0557 e. The zero-order valence-corrected chi connectivity index (χ0v) is 9.82. The molecule has 0 fully saturated rings. The van der Waals surface area contributed by atoms with E-state index in [-0.39, 0.29) is 0 Å². The fourth-order valence-corrected chi connectivity index (χ4v) is 3.01. The van der Waals surface area contributed by atoms with Crippen molar-refractivity contribution in [1.82, 2.24) is 0 Å². The lowest BCUT2D eigenvalue weighted by Gasteiger charge is -2.05. The summed E-state index contributed by atoms with van der Waals surface area (Å²) in [6.07, 6.45) is 2.25. The van der Waals surface area contributed by atoms with Crippen molar-refractivity contribution >= 4 is 38.3 Å². The van der Waals surface area contributed by atoms with Crippen LogP contribution in [0.15, 0.2) is 28.7 Å². The van der Waals surface area contributed by atoms with E-state index in [1.807, 2.05) is 6.07 Å². The highest BCUT2D eigenvalue weighted by Crippen LogP contribution is 2.39. The van der Waals surface area contributed by atoms with Crippen molar-refractivity contribution in [2.75, 3.05) is 0 Å². The maximum absolute atomic E-state index is 6.15. The van der Waals surface area contributed by atoms with Gasteiger partial charge >= 0.3 is 0 Å². The largest absolute Gasteiger partial charge is 0.0831 e. The average molecular weight is 268 g/mol. The van der Waals surface area contributed by atoms with E-state index in [9.17, 15) is 0 Å². The number of aryl methyl sites for hydroxylation is 2. The predicted octanol–water partition coefficient (Wildman–Crippen LogP) is 4.35. The van der Waals surface area contributed by atoms with Crippen LogP contribution in [0.2, 0.25) is 5.02 Å². The Bertz CT molecular complexity index is 531. The maximum Gasteiger partial charge on any atom is 0.0557 e. The fraction of sp³-hybridized carbons (Fsp3) is 0.167. The molecule has 0 heterocycles. The second-order valence-electron chi connectivity index (χ2n) is 3.67. The minimum Gasteiger partial charge on any atom is -0.0831 e. The van der Waals surface area contributed by atoms with Crippen LogP contribution in [-0.2, 0) is 12.8 Å². The van der Waals surface area contributed by atoms with Crippen LogP contribution in [0.1, 0.15) is 11.1 Å². The molecule has 2 aromatic rings. The van der Waals surface area contributed by atoms with Crippen molar-refractivity contribution in [3.8, 4) is 0 Å². The molecule has 0 spiro atoms. The highest BCUT2D eigenvalue weighted by atomic mass is 79.9. The first kappa shape index (κ1) is 8.75. The number of halogens is 2. The Morgan fingerprint density at radius 2 is 2.07 bits per heavy atom. The Hall–Kier alpha value is -0.530. The number of rotatable bonds is 0. The molecule has 0 unspecified atom stereocenters. The van der Waals surface area contributed by atoms with Gasteiger partial charge in [0.15, 0.2) is 0 Å². The summed E-state index contributed by atoms with van der Waals surface area (Å²) in [6.45, 7) is 0. The van der Waals surface area contributed by atoms with Crippen LogP contribution in [-0.4, -0.2) is 0 Å². The molecule has 0 aromatic heterocycles. The maximum atomic E-state index is 6.15. The highest BCUT2D eigenvalue weighted by molar-refractivity contribution is 9.10. The molecule has 0 radical (unpaired) electrons. The zero-order valence-electron chi connectivity index (χ0n) is 7.48. The van der Waals surface area contributed by atoms with E-state index in [1.165, 1.54) is 21.9 Å². The van der Waals surface area contributed by atoms with Crippen LogP contribution in [0, 0.1) is 0 Å². The average Bonchev–Trinajstić information content (AvgIpc) is 2.60. The van der Waals surface area contributed by atoms with Gasteiger partial charge in [-0.15, -0.1) is 0 Å². The minimum absolute atomic E-state index is 0.826. The minimum atomic E-state index is 0.826. The lowest BCUT2D eigenvalue weighted by Crippen LogP contribution is -1.82. The Labute approximate surface area is 96.0 Å². The van der Waals surface area contributed by atoms with Crippen molar-refractivity contribution < 1.29 is 0 Å². The van der Waals surface area contributed by atoms with Gasteiger partial charge in [-0.25, -0.2) is 0 Å². The summed E-state index contributed by atoms with van der Waals surface area (Å²) in [7, 11) is 0. The Morgan fingerprint density at radius 1 is 1.21 bits per heavy atom. The molecule has 0 atom stereocenters. The van der Waals surface area contributed by atoms with Crippen LogP contribution in [0.3, 0.4) is 0 Å². The van der Waals surface area contributed by atoms with Gasteiger partial charge < -0.3 is 0 Å². The van der Waals surface area contributed by atoms with Gasteiger partial charge in [0.05, 0.1) is 5.02 Å². The SMILES string of the molecule is Clc1cc2cccc3c2c(c1Br)CC3. The number of benzene rings is 2. The summed E-state index contributed by atoms with van der Waals surface area (Å²) in [5.41, 5.74) is 2.83. The first-order chi connectivity index (χ1) is 6.77. The van der Waals surface area contributed by atoms with Crippen LogP contribution in [0.4, 0.5) is 0 Å². The molecular formula is C12H8BrCl. The van der Waals surface area contributed by atoms with Gasteiger partial charge in [-0.2, -0.15) is 0 Å². The fourth-order valence-electron chi connectivity index (χ4n) is 2.26. The summed E-state index contributed by atoms with van der Waals surface area (Å²) in [5, 5.41) is 3.50. The summed E-state index contributed by atoms with van der Waals surface area (Å²) < 4.78 is 1.08. The standard InChI is InChI=1S/C12H8BrCl/c13-12-9-5-4-7-2-1-3-8(11(7)9)6-10(12)14/h1-3,6H,4-5H2. The molecule has 14 heavy (non-hydrogen) atoms. The third-order valence-corrected chi connectivity index (χ3v) is 4.32. The Balaban J connectivity index is 2.56. The molecule has 0 aliphatic heterocycles. The lowest BCUT2D eigenvalue weighted by atomic mass is 10.1. The second kappa shape index (κ2) is 2.98. The molecule has 0 nitrogen and oxygen atoms in total. The van der Waals surface area contributed by atoms with E-state index >= 15 is 0 Å². The van der Waals surface area contributed by atoms with Crippen molar-refractivity contribution in [2.24, 2.45) is 0 Å². The predicted molar refractivity (Wildman–Crippen MR) is 64.1 cm³/mol. The highest BCUT2D eigenvalue weighted by Gasteiger charge is 2.18. The van der Waals surface area contributed by atoms with Gasteiger partial charge in [0, 0.05) is 4.47 Å². The van der Waals surface area contributed by atoms with E-state index in [2.05, 4.69) is 34.1 Å². The molecule has 0 amide bonds. The van der Waals surface area contributed by atoms with Crippen molar-refractivity contribution in [3.63, 3.8) is 0 Å². The summed E-state index contributed by atoms with van der Waals surface area (Å²) >= 11 is 9.71. The van der Waals surface area contributed by atoms with E-state index in [4.69, 9.17) is 11.6 Å². The monoisotopic (exact) mass is 266 g/mol. The van der Waals surface area contributed by atoms with Crippen LogP contribution in [0.5, 0.6) is 0 Å². The normalized spacial score (nSPS) is 13.9. The molecular weight excluding hydrogens is 259 g/mol. The summed E-state index contributed by atoms with van der Waals surface area (Å²) in [5.74, 6) is 0. The quantitative estimate of drug-likeness (QED) is 0.665. The van der Waals surface area contributed by atoms with E-state index < -0.39 is 0 Å². The molecule has 2 aromatic carbocycles. The van der Waals surface area contributed by atoms with Gasteiger partial charge in [-0.1, -0.05) is 29.8 Å². The summed E-state index contributed by atoms with van der Waals surface area (Å²) in [4.78, 5) is 0. The molecule has 2 heteroatoms. The second-order valence-corrected chi connectivity index (χ2v) is 4.87. The van der Waals surface area contributed by atoms with Crippen molar-refractivity contribution in [3.05, 3.63) is 44.9 Å². The van der Waals surface area contributed by atoms with Crippen LogP contribution < -0.4 is 0 Å². The molecule has 3 rings (SSSR count). The zero-order chi connectivity index (χ0) is 9.71. The molecule has 70 valence electrons. The van der Waals surface area contributed by atoms with Gasteiger partial charge in [-0.3, -0.25) is 0 Å². The van der Waals surface area contributed by atoms with Gasteiger partial charge in [0.1, 0.15) is 0 Å². The Kier molecular flexibility index (Phi) is 1.86. The molecule has 0 saturated heterocycles. The topological polar surface area (TPSA) is 0 Å². The van der Waals surface area contributed by atoms with Gasteiger partial charge in [0.2, 0.25) is 0 Å². The molecule has 0 bridgehead atoms. The first-order valence-electron chi connectivity index (χ1n) is 4.66. The Morgan fingerprint density at radius 3 is 2.93 bits per heavy atom. The van der Waals surface area contributed by atoms with E-state index in [1.54, 1.807) is 0 Å². The van der Waals surface area contributed by atoms with E-state index in [0.717, 1.165) is 22.3 Å². The van der Waals surface area contributed by atoms with Crippen LogP contribution in [0.25, 0.3) is 10.8 Å². The molecule has 1 aliphatic rings. The summed E-state index contributed by atoms with van der Waals surface area (Å²) in [6, 6.07) is 8.49. The lowest BCUT2D eigenvalue weighted by molar-refractivity contribution is 1.02. The van der Waals surface area contributed by atoms with Crippen molar-refractivity contribution in [2.45, 2.75) is 12.8 Å². The third kappa shape index (κ3) is 1.06. The van der Waals surface area contributed by atoms with E-state index in [0.29, 0.717) is 0 Å². The number of hydrogen-bond acceptors (Lipinski definition) is 0. The molecule has 1 aliphatic carbocycles. The molecule has 0 saturated carbocycles. The molecule has 0 N–H and O–H groups in total.